The minimum Gasteiger partial charge on any atom is -0.356 e. The highest BCUT2D eigenvalue weighted by molar-refractivity contribution is 7.71. The smallest absolute Gasteiger partial charge is 0.221 e. The summed E-state index contributed by atoms with van der Waals surface area (Å²) in [5, 5.41) is 12.0. The molecule has 0 saturated carbocycles. The van der Waals surface area contributed by atoms with Crippen molar-refractivity contribution in [1.82, 2.24) is 20.1 Å². The van der Waals surface area contributed by atoms with E-state index in [1.807, 2.05) is 22.1 Å². The monoisotopic (exact) mass is 324 g/mol. The van der Waals surface area contributed by atoms with E-state index in [1.165, 1.54) is 0 Å². The first-order valence-electron chi connectivity index (χ1n) is 7.03. The van der Waals surface area contributed by atoms with Gasteiger partial charge in [0.2, 0.25) is 5.91 Å². The van der Waals surface area contributed by atoms with Gasteiger partial charge in [-0.3, -0.25) is 14.5 Å². The summed E-state index contributed by atoms with van der Waals surface area (Å²) in [6.07, 6.45) is 1.40. The number of H-pyrrole nitrogens is 1. The lowest BCUT2D eigenvalue weighted by Crippen LogP contribution is -2.26. The SMILES string of the molecule is CC(C)CCNC(=O)CCn1c(-c2cccs2)n[nH]c1=S. The van der Waals surface area contributed by atoms with E-state index in [-0.39, 0.29) is 5.91 Å². The molecule has 0 radical (unpaired) electrons. The third-order valence-electron chi connectivity index (χ3n) is 3.11. The summed E-state index contributed by atoms with van der Waals surface area (Å²) in [4.78, 5) is 12.9. The molecule has 0 unspecified atom stereocenters. The number of hydrogen-bond donors (Lipinski definition) is 2. The summed E-state index contributed by atoms with van der Waals surface area (Å²) >= 11 is 6.84. The molecule has 21 heavy (non-hydrogen) atoms. The molecular weight excluding hydrogens is 304 g/mol. The number of rotatable bonds is 7. The van der Waals surface area contributed by atoms with Crippen molar-refractivity contribution in [3.8, 4) is 10.7 Å². The number of carbonyl (C=O) groups excluding carboxylic acids is 1. The minimum absolute atomic E-state index is 0.0517. The standard InChI is InChI=1S/C14H20N4OS2/c1-10(2)5-7-15-12(19)6-8-18-13(16-17-14(18)20)11-4-3-9-21-11/h3-4,9-10H,5-8H2,1-2H3,(H,15,19)(H,17,20). The normalized spacial score (nSPS) is 11.0. The first kappa shape index (κ1) is 15.9. The molecule has 2 rings (SSSR count). The van der Waals surface area contributed by atoms with Crippen molar-refractivity contribution in [2.75, 3.05) is 6.54 Å². The number of thiophene rings is 1. The van der Waals surface area contributed by atoms with Crippen molar-refractivity contribution in [2.45, 2.75) is 33.2 Å². The van der Waals surface area contributed by atoms with E-state index < -0.39 is 0 Å². The van der Waals surface area contributed by atoms with Gasteiger partial charge in [-0.2, -0.15) is 5.10 Å². The topological polar surface area (TPSA) is 62.7 Å². The number of hydrogen-bond acceptors (Lipinski definition) is 4. The fourth-order valence-corrected chi connectivity index (χ4v) is 2.87. The maximum atomic E-state index is 11.8. The Balaban J connectivity index is 1.93. The molecule has 5 nitrogen and oxygen atoms in total. The molecule has 2 N–H and O–H groups in total. The third-order valence-corrected chi connectivity index (χ3v) is 4.28. The second-order valence-corrected chi connectivity index (χ2v) is 6.60. The van der Waals surface area contributed by atoms with E-state index >= 15 is 0 Å². The van der Waals surface area contributed by atoms with Gasteiger partial charge < -0.3 is 5.32 Å². The Bertz CT molecular complexity index is 628. The van der Waals surface area contributed by atoms with E-state index in [0.29, 0.717) is 23.7 Å². The Kier molecular flexibility index (Phi) is 5.69. The molecule has 0 spiro atoms. The van der Waals surface area contributed by atoms with Gasteiger partial charge >= 0.3 is 0 Å². The average Bonchev–Trinajstić information content (AvgIpc) is 3.05. The summed E-state index contributed by atoms with van der Waals surface area (Å²) in [6, 6.07) is 3.97. The zero-order chi connectivity index (χ0) is 15.2. The molecule has 2 aromatic rings. The second kappa shape index (κ2) is 7.51. The molecule has 0 aromatic carbocycles. The van der Waals surface area contributed by atoms with Crippen LogP contribution in [0.2, 0.25) is 0 Å². The van der Waals surface area contributed by atoms with Crippen molar-refractivity contribution < 1.29 is 4.79 Å². The van der Waals surface area contributed by atoms with Crippen molar-refractivity contribution >= 4 is 29.5 Å². The van der Waals surface area contributed by atoms with E-state index in [1.54, 1.807) is 11.3 Å². The zero-order valence-electron chi connectivity index (χ0n) is 12.3. The summed E-state index contributed by atoms with van der Waals surface area (Å²) in [6.45, 7) is 5.55. The summed E-state index contributed by atoms with van der Waals surface area (Å²) in [5.74, 6) is 1.44. The van der Waals surface area contributed by atoms with Gasteiger partial charge in [0, 0.05) is 19.5 Å². The molecule has 0 aliphatic rings. The lowest BCUT2D eigenvalue weighted by Gasteiger charge is -2.08. The van der Waals surface area contributed by atoms with Crippen molar-refractivity contribution in [2.24, 2.45) is 5.92 Å². The van der Waals surface area contributed by atoms with Gasteiger partial charge in [0.25, 0.3) is 0 Å². The van der Waals surface area contributed by atoms with Gasteiger partial charge in [0.15, 0.2) is 10.6 Å². The third kappa shape index (κ3) is 4.50. The van der Waals surface area contributed by atoms with Crippen LogP contribution in [-0.2, 0) is 11.3 Å². The molecule has 0 atom stereocenters. The molecule has 2 aromatic heterocycles. The molecule has 7 heteroatoms. The quantitative estimate of drug-likeness (QED) is 0.769. The van der Waals surface area contributed by atoms with Gasteiger partial charge in [0.05, 0.1) is 4.88 Å². The number of aromatic nitrogens is 3. The van der Waals surface area contributed by atoms with Crippen LogP contribution in [0.25, 0.3) is 10.7 Å². The van der Waals surface area contributed by atoms with Crippen LogP contribution < -0.4 is 5.32 Å². The van der Waals surface area contributed by atoms with E-state index in [4.69, 9.17) is 12.2 Å². The molecule has 0 aliphatic heterocycles. The van der Waals surface area contributed by atoms with Crippen LogP contribution in [0.15, 0.2) is 17.5 Å². The van der Waals surface area contributed by atoms with Crippen LogP contribution in [0.1, 0.15) is 26.7 Å². The maximum absolute atomic E-state index is 11.8. The highest BCUT2D eigenvalue weighted by Crippen LogP contribution is 2.22. The lowest BCUT2D eigenvalue weighted by atomic mass is 10.1. The molecule has 1 amide bonds. The Morgan fingerprint density at radius 2 is 2.38 bits per heavy atom. The van der Waals surface area contributed by atoms with Crippen LogP contribution in [0.3, 0.4) is 0 Å². The fraction of sp³-hybridized carbons (Fsp3) is 0.500. The Morgan fingerprint density at radius 3 is 3.05 bits per heavy atom. The number of carbonyl (C=O) groups is 1. The highest BCUT2D eigenvalue weighted by atomic mass is 32.1. The van der Waals surface area contributed by atoms with Gasteiger partial charge in [-0.15, -0.1) is 11.3 Å². The number of nitrogens with zero attached hydrogens (tertiary/aromatic N) is 2. The van der Waals surface area contributed by atoms with Crippen molar-refractivity contribution in [3.05, 3.63) is 22.3 Å². The number of amides is 1. The van der Waals surface area contributed by atoms with Crippen LogP contribution in [0.5, 0.6) is 0 Å². The average molecular weight is 324 g/mol. The van der Waals surface area contributed by atoms with Crippen molar-refractivity contribution in [3.63, 3.8) is 0 Å². The Morgan fingerprint density at radius 1 is 1.57 bits per heavy atom. The van der Waals surface area contributed by atoms with E-state index in [2.05, 4.69) is 29.4 Å². The summed E-state index contributed by atoms with van der Waals surface area (Å²) < 4.78 is 2.43. The molecule has 2 heterocycles. The largest absolute Gasteiger partial charge is 0.356 e. The van der Waals surface area contributed by atoms with Crippen molar-refractivity contribution in [1.29, 1.82) is 0 Å². The van der Waals surface area contributed by atoms with E-state index in [9.17, 15) is 4.79 Å². The van der Waals surface area contributed by atoms with Gasteiger partial charge in [-0.25, -0.2) is 0 Å². The van der Waals surface area contributed by atoms with Gasteiger partial charge in [-0.1, -0.05) is 19.9 Å². The molecule has 0 aliphatic carbocycles. The first-order valence-corrected chi connectivity index (χ1v) is 8.32. The van der Waals surface area contributed by atoms with Crippen LogP contribution in [0.4, 0.5) is 0 Å². The molecule has 0 bridgehead atoms. The number of aromatic amines is 1. The molecule has 0 fully saturated rings. The summed E-state index contributed by atoms with van der Waals surface area (Å²) in [7, 11) is 0. The maximum Gasteiger partial charge on any atom is 0.221 e. The second-order valence-electron chi connectivity index (χ2n) is 5.26. The van der Waals surface area contributed by atoms with Gasteiger partial charge in [0.1, 0.15) is 0 Å². The Hall–Kier alpha value is -1.47. The fourth-order valence-electron chi connectivity index (χ4n) is 1.92. The molecule has 0 saturated heterocycles. The predicted octanol–water partition coefficient (Wildman–Crippen LogP) is 3.22. The minimum atomic E-state index is 0.0517. The number of nitrogens with one attached hydrogen (secondary N) is 2. The highest BCUT2D eigenvalue weighted by Gasteiger charge is 2.11. The summed E-state index contributed by atoms with van der Waals surface area (Å²) in [5.41, 5.74) is 0. The Labute approximate surface area is 133 Å². The van der Waals surface area contributed by atoms with Gasteiger partial charge in [-0.05, 0) is 36.0 Å². The van der Waals surface area contributed by atoms with Crippen LogP contribution in [0, 0.1) is 10.7 Å². The van der Waals surface area contributed by atoms with Crippen LogP contribution in [-0.4, -0.2) is 27.2 Å². The van der Waals surface area contributed by atoms with Crippen LogP contribution >= 0.6 is 23.6 Å². The lowest BCUT2D eigenvalue weighted by molar-refractivity contribution is -0.121. The molecule has 114 valence electrons. The zero-order valence-corrected chi connectivity index (χ0v) is 13.9. The van der Waals surface area contributed by atoms with E-state index in [0.717, 1.165) is 23.7 Å². The first-order chi connectivity index (χ1) is 10.1. The predicted molar refractivity (Wildman–Crippen MR) is 87.8 cm³/mol. The molecular formula is C14H20N4OS2.